The molecule has 0 unspecified atom stereocenters. The molecule has 0 aliphatic heterocycles. The van der Waals surface area contributed by atoms with Crippen molar-refractivity contribution in [2.24, 2.45) is 5.14 Å². The van der Waals surface area contributed by atoms with Crippen molar-refractivity contribution in [3.05, 3.63) is 29.8 Å². The van der Waals surface area contributed by atoms with Crippen LogP contribution in [0.4, 0.5) is 0 Å². The predicted molar refractivity (Wildman–Crippen MR) is 49.9 cm³/mol. The van der Waals surface area contributed by atoms with Crippen LogP contribution in [0.25, 0.3) is 0 Å². The standard InChI is InChI=1S/C8H11NO2S/c1-7-2-4-8(5-3-7)12(9,11)6-10/h2-6,12H,1H3,(H2,9,11). The highest BCUT2D eigenvalue weighted by atomic mass is 32.3. The fraction of sp³-hybridized carbons (Fsp3) is 0.125. The molecule has 0 aliphatic rings. The predicted octanol–water partition coefficient (Wildman–Crippen LogP) is 0.435. The monoisotopic (exact) mass is 185 g/mol. The van der Waals surface area contributed by atoms with Gasteiger partial charge < -0.3 is 0 Å². The van der Waals surface area contributed by atoms with Crippen LogP contribution in [0.15, 0.2) is 29.2 Å². The van der Waals surface area contributed by atoms with Gasteiger partial charge in [0.1, 0.15) is 0 Å². The molecule has 1 aromatic rings. The zero-order chi connectivity index (χ0) is 9.19. The lowest BCUT2D eigenvalue weighted by atomic mass is 10.2. The molecule has 0 spiro atoms. The maximum atomic E-state index is 11.3. The summed E-state index contributed by atoms with van der Waals surface area (Å²) in [5.41, 5.74) is 1.36. The quantitative estimate of drug-likeness (QED) is 0.518. The van der Waals surface area contributed by atoms with Gasteiger partial charge in [0.15, 0.2) is 5.62 Å². The first-order valence-corrected chi connectivity index (χ1v) is 5.32. The molecule has 12 heavy (non-hydrogen) atoms. The number of nitrogens with two attached hydrogens (primary N) is 1. The smallest absolute Gasteiger partial charge is 0.198 e. The Bertz CT molecular complexity index is 331. The first kappa shape index (κ1) is 9.09. The Morgan fingerprint density at radius 1 is 1.33 bits per heavy atom. The number of carbonyl (C=O) groups is 1. The van der Waals surface area contributed by atoms with Gasteiger partial charge in [-0.25, -0.2) is 0 Å². The van der Waals surface area contributed by atoms with Gasteiger partial charge >= 0.3 is 0 Å². The Balaban J connectivity index is 3.13. The molecule has 1 rings (SSSR count). The van der Waals surface area contributed by atoms with Gasteiger partial charge in [-0.1, -0.05) is 17.7 Å². The lowest BCUT2D eigenvalue weighted by Gasteiger charge is -2.10. The highest BCUT2D eigenvalue weighted by molar-refractivity contribution is 8.13. The highest BCUT2D eigenvalue weighted by Gasteiger charge is 2.08. The van der Waals surface area contributed by atoms with E-state index in [-0.39, 0.29) is 0 Å². The Kier molecular flexibility index (Phi) is 2.40. The van der Waals surface area contributed by atoms with Gasteiger partial charge in [-0.2, -0.15) is 0 Å². The summed E-state index contributed by atoms with van der Waals surface area (Å²) in [7, 11) is -3.23. The number of rotatable bonds is 2. The van der Waals surface area contributed by atoms with Crippen LogP contribution < -0.4 is 5.14 Å². The molecule has 0 fully saturated rings. The number of thiol groups is 1. The van der Waals surface area contributed by atoms with Gasteiger partial charge in [0.05, 0.1) is 0 Å². The normalized spacial score (nSPS) is 12.5. The minimum atomic E-state index is -3.23. The molecule has 0 atom stereocenters. The van der Waals surface area contributed by atoms with E-state index in [0.717, 1.165) is 5.56 Å². The molecule has 1 aromatic carbocycles. The van der Waals surface area contributed by atoms with Gasteiger partial charge in [-0.3, -0.25) is 14.1 Å². The number of aryl methyl sites for hydroxylation is 1. The van der Waals surface area contributed by atoms with E-state index in [1.807, 2.05) is 6.92 Å². The molecule has 0 aliphatic carbocycles. The van der Waals surface area contributed by atoms with Gasteiger partial charge in [0.25, 0.3) is 0 Å². The molecule has 0 aromatic heterocycles. The summed E-state index contributed by atoms with van der Waals surface area (Å²) in [6.07, 6.45) is 0. The van der Waals surface area contributed by atoms with Gasteiger partial charge in [-0.05, 0) is 19.1 Å². The van der Waals surface area contributed by atoms with Crippen LogP contribution >= 0.6 is 0 Å². The Labute approximate surface area is 72.1 Å². The lowest BCUT2D eigenvalue weighted by molar-refractivity contribution is 0.565. The molecule has 0 radical (unpaired) electrons. The SMILES string of the molecule is Cc1ccc([SH](N)(=O)C=O)cc1. The van der Waals surface area contributed by atoms with Crippen molar-refractivity contribution < 1.29 is 9.00 Å². The number of benzene rings is 1. The number of hydrogen-bond donors (Lipinski definition) is 2. The molecule has 0 amide bonds. The van der Waals surface area contributed by atoms with E-state index >= 15 is 0 Å². The van der Waals surface area contributed by atoms with E-state index in [0.29, 0.717) is 10.5 Å². The average molecular weight is 185 g/mol. The Morgan fingerprint density at radius 2 is 1.83 bits per heavy atom. The topological polar surface area (TPSA) is 60.2 Å². The zero-order valence-electron chi connectivity index (χ0n) is 6.73. The number of carbonyl (C=O) groups excluding carboxylic acids is 1. The van der Waals surface area contributed by atoms with Crippen LogP contribution in [0.1, 0.15) is 5.56 Å². The maximum Gasteiger partial charge on any atom is 0.198 e. The average Bonchev–Trinajstić information content (AvgIpc) is 2.05. The highest BCUT2D eigenvalue weighted by Crippen LogP contribution is 2.11. The molecule has 3 nitrogen and oxygen atoms in total. The Morgan fingerprint density at radius 3 is 2.25 bits per heavy atom. The lowest BCUT2D eigenvalue weighted by Crippen LogP contribution is -2.23. The first-order valence-electron chi connectivity index (χ1n) is 3.48. The van der Waals surface area contributed by atoms with E-state index in [2.05, 4.69) is 0 Å². The molecule has 0 heterocycles. The van der Waals surface area contributed by atoms with Crippen LogP contribution in [0.5, 0.6) is 0 Å². The van der Waals surface area contributed by atoms with E-state index in [1.165, 1.54) is 0 Å². The minimum Gasteiger partial charge on any atom is -0.289 e. The van der Waals surface area contributed by atoms with Crippen molar-refractivity contribution in [3.63, 3.8) is 0 Å². The molecule has 66 valence electrons. The zero-order valence-corrected chi connectivity index (χ0v) is 7.62. The van der Waals surface area contributed by atoms with E-state index in [9.17, 15) is 9.00 Å². The summed E-state index contributed by atoms with van der Waals surface area (Å²) in [5.74, 6) is 0. The van der Waals surface area contributed by atoms with Crippen molar-refractivity contribution in [3.8, 4) is 0 Å². The second kappa shape index (κ2) is 3.16. The summed E-state index contributed by atoms with van der Waals surface area (Å²) in [6, 6.07) is 6.78. The summed E-state index contributed by atoms with van der Waals surface area (Å²) >= 11 is 0. The van der Waals surface area contributed by atoms with Crippen molar-refractivity contribution in [1.82, 2.24) is 0 Å². The van der Waals surface area contributed by atoms with Gasteiger partial charge in [0.2, 0.25) is 0 Å². The van der Waals surface area contributed by atoms with Gasteiger partial charge in [0, 0.05) is 15.0 Å². The third-order valence-corrected chi connectivity index (χ3v) is 3.01. The Hall–Kier alpha value is -1.00. The van der Waals surface area contributed by atoms with Crippen molar-refractivity contribution in [2.75, 3.05) is 0 Å². The van der Waals surface area contributed by atoms with Crippen LogP contribution in [-0.2, 0) is 14.9 Å². The van der Waals surface area contributed by atoms with Crippen LogP contribution in [0.2, 0.25) is 0 Å². The molecule has 0 saturated carbocycles. The summed E-state index contributed by atoms with van der Waals surface area (Å²) in [4.78, 5) is 10.7. The largest absolute Gasteiger partial charge is 0.289 e. The van der Waals surface area contributed by atoms with E-state index in [4.69, 9.17) is 5.14 Å². The third-order valence-electron chi connectivity index (χ3n) is 1.59. The van der Waals surface area contributed by atoms with Crippen molar-refractivity contribution >= 4 is 15.7 Å². The van der Waals surface area contributed by atoms with Crippen molar-refractivity contribution in [1.29, 1.82) is 0 Å². The van der Waals surface area contributed by atoms with E-state index < -0.39 is 10.1 Å². The molecule has 4 heteroatoms. The summed E-state index contributed by atoms with van der Waals surface area (Å²) in [6.45, 7) is 1.91. The minimum absolute atomic E-state index is 0.317. The van der Waals surface area contributed by atoms with Crippen molar-refractivity contribution in [2.45, 2.75) is 11.8 Å². The van der Waals surface area contributed by atoms with Crippen LogP contribution in [0.3, 0.4) is 0 Å². The second-order valence-electron chi connectivity index (χ2n) is 2.65. The van der Waals surface area contributed by atoms with E-state index in [1.54, 1.807) is 24.3 Å². The van der Waals surface area contributed by atoms with Gasteiger partial charge in [-0.15, -0.1) is 0 Å². The molecular weight excluding hydrogens is 174 g/mol. The molecule has 0 saturated heterocycles. The maximum absolute atomic E-state index is 11.3. The molecular formula is C8H11NO2S. The third kappa shape index (κ3) is 1.78. The van der Waals surface area contributed by atoms with Crippen LogP contribution in [-0.4, -0.2) is 9.83 Å². The molecule has 2 N–H and O–H groups in total. The summed E-state index contributed by atoms with van der Waals surface area (Å²) < 4.78 is 11.3. The first-order chi connectivity index (χ1) is 5.56. The molecule has 0 bridgehead atoms. The second-order valence-corrected chi connectivity index (χ2v) is 4.80. The van der Waals surface area contributed by atoms with Crippen LogP contribution in [0, 0.1) is 6.92 Å². The fourth-order valence-electron chi connectivity index (χ4n) is 0.839. The summed E-state index contributed by atoms with van der Waals surface area (Å²) in [5, 5.41) is 5.27. The fourth-order valence-corrected chi connectivity index (χ4v) is 1.58. The number of hydrogen-bond acceptors (Lipinski definition) is 2.